The molecule has 116 valence electrons. The van der Waals surface area contributed by atoms with Crippen LogP contribution < -0.4 is 10.1 Å². The number of thiocarbonyl (C=S) groups is 1. The zero-order valence-electron chi connectivity index (χ0n) is 13.1. The van der Waals surface area contributed by atoms with Crippen LogP contribution in [0.1, 0.15) is 30.0 Å². The van der Waals surface area contributed by atoms with E-state index < -0.39 is 0 Å². The molecule has 0 amide bonds. The molecule has 0 saturated heterocycles. The molecule has 0 aliphatic rings. The third-order valence-electron chi connectivity index (χ3n) is 3.38. The highest BCUT2D eigenvalue weighted by Crippen LogP contribution is 2.25. The molecule has 0 atom stereocenters. The van der Waals surface area contributed by atoms with Crippen molar-refractivity contribution < 1.29 is 4.74 Å². The molecule has 0 spiro atoms. The number of halogens is 1. The number of ether oxygens (including phenoxy) is 1. The first kappa shape index (κ1) is 17.0. The summed E-state index contributed by atoms with van der Waals surface area (Å²) in [6.45, 7) is 6.69. The molecule has 0 heterocycles. The summed E-state index contributed by atoms with van der Waals surface area (Å²) >= 11 is 8.79. The van der Waals surface area contributed by atoms with Crippen molar-refractivity contribution in [1.82, 2.24) is 0 Å². The van der Waals surface area contributed by atoms with Crippen molar-refractivity contribution in [2.75, 3.05) is 5.32 Å². The topological polar surface area (TPSA) is 21.3 Å². The molecule has 0 radical (unpaired) electrons. The quantitative estimate of drug-likeness (QED) is 0.665. The van der Waals surface area contributed by atoms with Crippen LogP contribution in [0.5, 0.6) is 5.75 Å². The van der Waals surface area contributed by atoms with Gasteiger partial charge in [0.1, 0.15) is 12.4 Å². The number of hydrogen-bond acceptors (Lipinski definition) is 2. The van der Waals surface area contributed by atoms with Crippen molar-refractivity contribution in [2.45, 2.75) is 33.8 Å². The number of rotatable bonds is 5. The van der Waals surface area contributed by atoms with Gasteiger partial charge in [0, 0.05) is 15.7 Å². The first-order valence-corrected chi connectivity index (χ1v) is 8.48. The number of nitrogens with one attached hydrogen (secondary N) is 1. The van der Waals surface area contributed by atoms with Crippen LogP contribution in [0.4, 0.5) is 5.69 Å². The fourth-order valence-corrected chi connectivity index (χ4v) is 2.62. The second kappa shape index (κ2) is 7.75. The zero-order valence-corrected chi connectivity index (χ0v) is 15.5. The molecule has 2 nitrogen and oxygen atoms in total. The molecule has 4 heteroatoms. The van der Waals surface area contributed by atoms with Crippen molar-refractivity contribution in [3.8, 4) is 5.75 Å². The summed E-state index contributed by atoms with van der Waals surface area (Å²) in [5.74, 6) is 0.914. The van der Waals surface area contributed by atoms with Crippen molar-refractivity contribution in [3.63, 3.8) is 0 Å². The van der Waals surface area contributed by atoms with E-state index in [0.717, 1.165) is 38.4 Å². The SMILES string of the molecule is CCC(=S)Nc1cc(Br)ccc1COc1ccc(C)cc1C. The van der Waals surface area contributed by atoms with Crippen LogP contribution in [0.25, 0.3) is 0 Å². The smallest absolute Gasteiger partial charge is 0.122 e. The lowest BCUT2D eigenvalue weighted by molar-refractivity contribution is 0.304. The maximum Gasteiger partial charge on any atom is 0.122 e. The van der Waals surface area contributed by atoms with Crippen molar-refractivity contribution >= 4 is 38.8 Å². The Morgan fingerprint density at radius 1 is 1.18 bits per heavy atom. The average Bonchev–Trinajstić information content (AvgIpc) is 2.48. The second-order valence-electron chi connectivity index (χ2n) is 5.26. The van der Waals surface area contributed by atoms with E-state index in [1.165, 1.54) is 5.56 Å². The maximum absolute atomic E-state index is 5.98. The molecular weight excluding hydrogens is 358 g/mol. The van der Waals surface area contributed by atoms with Gasteiger partial charge in [-0.1, -0.05) is 58.8 Å². The summed E-state index contributed by atoms with van der Waals surface area (Å²) in [6, 6.07) is 12.3. The van der Waals surface area contributed by atoms with Crippen molar-refractivity contribution in [2.24, 2.45) is 0 Å². The monoisotopic (exact) mass is 377 g/mol. The summed E-state index contributed by atoms with van der Waals surface area (Å²) in [5.41, 5.74) is 4.46. The first-order chi connectivity index (χ1) is 10.5. The fraction of sp³-hybridized carbons (Fsp3) is 0.278. The van der Waals surface area contributed by atoms with E-state index in [4.69, 9.17) is 17.0 Å². The number of benzene rings is 2. The lowest BCUT2D eigenvalue weighted by Crippen LogP contribution is -2.10. The van der Waals surface area contributed by atoms with Gasteiger partial charge in [0.15, 0.2) is 0 Å². The van der Waals surface area contributed by atoms with Gasteiger partial charge >= 0.3 is 0 Å². The highest BCUT2D eigenvalue weighted by Gasteiger charge is 2.07. The molecule has 2 aromatic rings. The lowest BCUT2D eigenvalue weighted by atomic mass is 10.1. The van der Waals surface area contributed by atoms with Crippen LogP contribution in [-0.2, 0) is 6.61 Å². The van der Waals surface area contributed by atoms with Crippen molar-refractivity contribution in [1.29, 1.82) is 0 Å². The van der Waals surface area contributed by atoms with Crippen LogP contribution >= 0.6 is 28.1 Å². The predicted octanol–water partition coefficient (Wildman–Crippen LogP) is 5.79. The summed E-state index contributed by atoms with van der Waals surface area (Å²) in [4.78, 5) is 0.825. The van der Waals surface area contributed by atoms with Gasteiger partial charge in [-0.3, -0.25) is 0 Å². The molecule has 0 aliphatic heterocycles. The molecule has 22 heavy (non-hydrogen) atoms. The molecule has 0 bridgehead atoms. The summed E-state index contributed by atoms with van der Waals surface area (Å²) in [6.07, 6.45) is 0.819. The van der Waals surface area contributed by atoms with Gasteiger partial charge < -0.3 is 10.1 Å². The Morgan fingerprint density at radius 3 is 2.64 bits per heavy atom. The van der Waals surface area contributed by atoms with E-state index in [1.54, 1.807) is 0 Å². The third-order valence-corrected chi connectivity index (χ3v) is 4.26. The third kappa shape index (κ3) is 4.55. The Labute approximate surface area is 146 Å². The van der Waals surface area contributed by atoms with Gasteiger partial charge in [-0.2, -0.15) is 0 Å². The molecule has 0 fully saturated rings. The predicted molar refractivity (Wildman–Crippen MR) is 101 cm³/mol. The van der Waals surface area contributed by atoms with E-state index in [1.807, 2.05) is 31.2 Å². The molecule has 1 N–H and O–H groups in total. The highest BCUT2D eigenvalue weighted by atomic mass is 79.9. The molecule has 0 aliphatic carbocycles. The normalized spacial score (nSPS) is 10.4. The Bertz CT molecular complexity index is 685. The van der Waals surface area contributed by atoms with Crippen LogP contribution in [0, 0.1) is 13.8 Å². The Morgan fingerprint density at radius 2 is 1.95 bits per heavy atom. The fourth-order valence-electron chi connectivity index (χ4n) is 2.15. The van der Waals surface area contributed by atoms with Crippen LogP contribution in [-0.4, -0.2) is 4.99 Å². The van der Waals surface area contributed by atoms with Gasteiger partial charge in [0.25, 0.3) is 0 Å². The minimum Gasteiger partial charge on any atom is -0.489 e. The summed E-state index contributed by atoms with van der Waals surface area (Å²) < 4.78 is 6.99. The molecule has 2 rings (SSSR count). The number of anilines is 1. The second-order valence-corrected chi connectivity index (χ2v) is 6.67. The van der Waals surface area contributed by atoms with Gasteiger partial charge in [0.05, 0.1) is 4.99 Å². The summed E-state index contributed by atoms with van der Waals surface area (Å²) in [5, 5.41) is 3.28. The van der Waals surface area contributed by atoms with Crippen LogP contribution in [0.2, 0.25) is 0 Å². The standard InChI is InChI=1S/C18H20BrNOS/c1-4-18(22)20-16-10-15(19)7-6-14(16)11-21-17-8-5-12(2)9-13(17)3/h5-10H,4,11H2,1-3H3,(H,20,22). The minimum atomic E-state index is 0.506. The van der Waals surface area contributed by atoms with Gasteiger partial charge in [-0.25, -0.2) is 0 Å². The lowest BCUT2D eigenvalue weighted by Gasteiger charge is -2.15. The molecule has 0 saturated carbocycles. The molecule has 0 unspecified atom stereocenters. The maximum atomic E-state index is 5.98. The van der Waals surface area contributed by atoms with E-state index in [9.17, 15) is 0 Å². The first-order valence-electron chi connectivity index (χ1n) is 7.28. The number of hydrogen-bond donors (Lipinski definition) is 1. The van der Waals surface area contributed by atoms with Gasteiger partial charge in [-0.05, 0) is 44.0 Å². The van der Waals surface area contributed by atoms with Crippen LogP contribution in [0.15, 0.2) is 40.9 Å². The van der Waals surface area contributed by atoms with Crippen LogP contribution in [0.3, 0.4) is 0 Å². The Balaban J connectivity index is 2.16. The van der Waals surface area contributed by atoms with Gasteiger partial charge in [-0.15, -0.1) is 0 Å². The van der Waals surface area contributed by atoms with E-state index in [0.29, 0.717) is 6.61 Å². The Kier molecular flexibility index (Phi) is 5.98. The highest BCUT2D eigenvalue weighted by molar-refractivity contribution is 9.10. The molecule has 0 aromatic heterocycles. The minimum absolute atomic E-state index is 0.506. The average molecular weight is 378 g/mol. The van der Waals surface area contributed by atoms with E-state index in [2.05, 4.69) is 47.2 Å². The van der Waals surface area contributed by atoms with Crippen molar-refractivity contribution in [3.05, 3.63) is 57.6 Å². The molecule has 2 aromatic carbocycles. The number of aryl methyl sites for hydroxylation is 2. The van der Waals surface area contributed by atoms with E-state index in [-0.39, 0.29) is 0 Å². The largest absolute Gasteiger partial charge is 0.489 e. The van der Waals surface area contributed by atoms with E-state index >= 15 is 0 Å². The Hall–Kier alpha value is -1.39. The zero-order chi connectivity index (χ0) is 16.1. The summed E-state index contributed by atoms with van der Waals surface area (Å²) in [7, 11) is 0. The van der Waals surface area contributed by atoms with Gasteiger partial charge in [0.2, 0.25) is 0 Å². The molecular formula is C18H20BrNOS.